The van der Waals surface area contributed by atoms with Gasteiger partial charge in [0, 0.05) is 13.2 Å². The molecule has 0 aromatic rings. The molecule has 1 rings (SSSR count). The summed E-state index contributed by atoms with van der Waals surface area (Å²) in [5.74, 6) is -1.15. The van der Waals surface area contributed by atoms with E-state index in [2.05, 4.69) is 5.32 Å². The van der Waals surface area contributed by atoms with E-state index in [9.17, 15) is 13.6 Å². The quantitative estimate of drug-likeness (QED) is 0.818. The number of ether oxygens (including phenoxy) is 2. The molecule has 0 aromatic carbocycles. The highest BCUT2D eigenvalue weighted by Gasteiger charge is 2.47. The lowest BCUT2D eigenvalue weighted by Crippen LogP contribution is -2.59. The number of alkyl halides is 2. The summed E-state index contributed by atoms with van der Waals surface area (Å²) in [5, 5.41) is 2.54. The third-order valence-electron chi connectivity index (χ3n) is 3.07. The summed E-state index contributed by atoms with van der Waals surface area (Å²) in [6, 6.07) is 0. The van der Waals surface area contributed by atoms with Gasteiger partial charge < -0.3 is 20.5 Å². The number of nitrogens with one attached hydrogen (secondary N) is 1. The van der Waals surface area contributed by atoms with E-state index in [1.807, 2.05) is 0 Å². The van der Waals surface area contributed by atoms with Crippen LogP contribution in [0.3, 0.4) is 0 Å². The maximum Gasteiger partial charge on any atom is 0.408 e. The van der Waals surface area contributed by atoms with Crippen LogP contribution in [0, 0.1) is 5.92 Å². The molecule has 0 radical (unpaired) electrons. The van der Waals surface area contributed by atoms with Gasteiger partial charge in [-0.1, -0.05) is 0 Å². The smallest absolute Gasteiger partial charge is 0.408 e. The van der Waals surface area contributed by atoms with E-state index < -0.39 is 29.6 Å². The lowest BCUT2D eigenvalue weighted by molar-refractivity contribution is 0.00254. The van der Waals surface area contributed by atoms with Crippen molar-refractivity contribution in [3.8, 4) is 0 Å². The molecular formula is C12H22F2N2O3. The Morgan fingerprint density at radius 3 is 2.53 bits per heavy atom. The summed E-state index contributed by atoms with van der Waals surface area (Å²) in [6.45, 7) is 5.24. The van der Waals surface area contributed by atoms with Crippen molar-refractivity contribution in [1.82, 2.24) is 5.32 Å². The molecule has 2 atom stereocenters. The van der Waals surface area contributed by atoms with Crippen LogP contribution in [0.25, 0.3) is 0 Å². The van der Waals surface area contributed by atoms with Gasteiger partial charge in [0.2, 0.25) is 6.43 Å². The molecule has 1 saturated heterocycles. The molecule has 0 spiro atoms. The van der Waals surface area contributed by atoms with Crippen molar-refractivity contribution in [2.75, 3.05) is 19.8 Å². The molecule has 0 bridgehead atoms. The number of carbonyl (C=O) groups excluding carboxylic acids is 1. The predicted molar refractivity (Wildman–Crippen MR) is 66.1 cm³/mol. The van der Waals surface area contributed by atoms with Crippen LogP contribution in [-0.4, -0.2) is 43.4 Å². The van der Waals surface area contributed by atoms with Crippen molar-refractivity contribution in [2.24, 2.45) is 11.7 Å². The number of hydrogen-bond acceptors (Lipinski definition) is 4. The highest BCUT2D eigenvalue weighted by molar-refractivity contribution is 5.69. The fourth-order valence-corrected chi connectivity index (χ4v) is 2.14. The second kappa shape index (κ2) is 6.00. The average Bonchev–Trinajstić information content (AvgIpc) is 2.63. The number of amides is 1. The van der Waals surface area contributed by atoms with Crippen LogP contribution in [0.4, 0.5) is 13.6 Å². The second-order valence-electron chi connectivity index (χ2n) is 5.76. The van der Waals surface area contributed by atoms with Gasteiger partial charge in [0.05, 0.1) is 18.1 Å². The number of carbonyl (C=O) groups is 1. The first-order chi connectivity index (χ1) is 8.70. The van der Waals surface area contributed by atoms with E-state index in [0.29, 0.717) is 13.0 Å². The Morgan fingerprint density at radius 1 is 1.53 bits per heavy atom. The van der Waals surface area contributed by atoms with E-state index in [1.54, 1.807) is 20.8 Å². The standard InChI is InChI=1S/C12H22F2N2O3/c1-11(2,3)19-10(17)16-12(4-5-18-7-12)8(6-15)9(13)14/h8-9H,4-7,15H2,1-3H3,(H,16,17). The SMILES string of the molecule is CC(C)(C)OC(=O)NC1(C(CN)C(F)F)CCOC1. The average molecular weight is 280 g/mol. The van der Waals surface area contributed by atoms with Crippen LogP contribution in [0.1, 0.15) is 27.2 Å². The molecule has 7 heteroatoms. The van der Waals surface area contributed by atoms with Crippen LogP contribution in [0.2, 0.25) is 0 Å². The second-order valence-corrected chi connectivity index (χ2v) is 5.76. The van der Waals surface area contributed by atoms with E-state index in [-0.39, 0.29) is 13.2 Å². The van der Waals surface area contributed by atoms with Crippen molar-refractivity contribution in [2.45, 2.75) is 44.8 Å². The molecule has 0 aliphatic carbocycles. The lowest BCUT2D eigenvalue weighted by Gasteiger charge is -2.36. The van der Waals surface area contributed by atoms with Crippen LogP contribution in [0.5, 0.6) is 0 Å². The zero-order valence-corrected chi connectivity index (χ0v) is 11.5. The van der Waals surface area contributed by atoms with Gasteiger partial charge in [-0.15, -0.1) is 0 Å². The van der Waals surface area contributed by atoms with Gasteiger partial charge >= 0.3 is 6.09 Å². The van der Waals surface area contributed by atoms with E-state index in [0.717, 1.165) is 0 Å². The van der Waals surface area contributed by atoms with E-state index in [4.69, 9.17) is 15.2 Å². The Balaban J connectivity index is 2.80. The zero-order chi connectivity index (χ0) is 14.7. The molecule has 1 fully saturated rings. The largest absolute Gasteiger partial charge is 0.444 e. The first kappa shape index (κ1) is 16.1. The van der Waals surface area contributed by atoms with Gasteiger partial charge in [0.15, 0.2) is 0 Å². The van der Waals surface area contributed by atoms with Crippen molar-refractivity contribution in [1.29, 1.82) is 0 Å². The molecule has 2 unspecified atom stereocenters. The topological polar surface area (TPSA) is 73.6 Å². The molecule has 1 aliphatic rings. The van der Waals surface area contributed by atoms with Crippen LogP contribution in [-0.2, 0) is 9.47 Å². The first-order valence-electron chi connectivity index (χ1n) is 6.27. The van der Waals surface area contributed by atoms with E-state index >= 15 is 0 Å². The van der Waals surface area contributed by atoms with Crippen molar-refractivity contribution >= 4 is 6.09 Å². The molecule has 5 nitrogen and oxygen atoms in total. The van der Waals surface area contributed by atoms with E-state index in [1.165, 1.54) is 0 Å². The molecule has 112 valence electrons. The maximum absolute atomic E-state index is 13.1. The molecule has 1 heterocycles. The number of hydrogen-bond donors (Lipinski definition) is 2. The summed E-state index contributed by atoms with van der Waals surface area (Å²) in [6.07, 6.45) is -3.04. The Morgan fingerprint density at radius 2 is 2.16 bits per heavy atom. The summed E-state index contributed by atoms with van der Waals surface area (Å²) in [5.41, 5.74) is 3.58. The Kier molecular flexibility index (Phi) is 5.09. The summed E-state index contributed by atoms with van der Waals surface area (Å²) < 4.78 is 36.4. The number of nitrogens with two attached hydrogens (primary N) is 1. The number of alkyl carbamates (subject to hydrolysis) is 1. The molecule has 1 aliphatic heterocycles. The fourth-order valence-electron chi connectivity index (χ4n) is 2.14. The van der Waals surface area contributed by atoms with Crippen LogP contribution < -0.4 is 11.1 Å². The summed E-state index contributed by atoms with van der Waals surface area (Å²) >= 11 is 0. The normalized spacial score (nSPS) is 25.4. The number of rotatable bonds is 4. The van der Waals surface area contributed by atoms with Crippen LogP contribution >= 0.6 is 0 Å². The summed E-state index contributed by atoms with van der Waals surface area (Å²) in [4.78, 5) is 11.8. The van der Waals surface area contributed by atoms with Crippen LogP contribution in [0.15, 0.2) is 0 Å². The molecule has 1 amide bonds. The lowest BCUT2D eigenvalue weighted by atomic mass is 9.83. The zero-order valence-electron chi connectivity index (χ0n) is 11.5. The molecule has 0 aromatic heterocycles. The minimum Gasteiger partial charge on any atom is -0.444 e. The first-order valence-corrected chi connectivity index (χ1v) is 6.27. The molecule has 3 N–H and O–H groups in total. The fraction of sp³-hybridized carbons (Fsp3) is 0.917. The predicted octanol–water partition coefficient (Wildman–Crippen LogP) is 1.51. The third kappa shape index (κ3) is 4.28. The monoisotopic (exact) mass is 280 g/mol. The van der Waals surface area contributed by atoms with Gasteiger partial charge in [-0.2, -0.15) is 0 Å². The van der Waals surface area contributed by atoms with Crippen molar-refractivity contribution in [3.63, 3.8) is 0 Å². The van der Waals surface area contributed by atoms with Crippen molar-refractivity contribution < 1.29 is 23.0 Å². The summed E-state index contributed by atoms with van der Waals surface area (Å²) in [7, 11) is 0. The minimum atomic E-state index is -2.62. The molecule has 0 saturated carbocycles. The van der Waals surface area contributed by atoms with Gasteiger partial charge in [-0.05, 0) is 27.2 Å². The van der Waals surface area contributed by atoms with Gasteiger partial charge in [-0.25, -0.2) is 13.6 Å². The molecular weight excluding hydrogens is 258 g/mol. The minimum absolute atomic E-state index is 0.0262. The van der Waals surface area contributed by atoms with Gasteiger partial charge in [0.25, 0.3) is 0 Å². The third-order valence-corrected chi connectivity index (χ3v) is 3.07. The highest BCUT2D eigenvalue weighted by atomic mass is 19.3. The highest BCUT2D eigenvalue weighted by Crippen LogP contribution is 2.31. The molecule has 19 heavy (non-hydrogen) atoms. The van der Waals surface area contributed by atoms with Gasteiger partial charge in [0.1, 0.15) is 5.60 Å². The number of halogens is 2. The maximum atomic E-state index is 13.1. The Hall–Kier alpha value is -0.950. The van der Waals surface area contributed by atoms with Crippen molar-refractivity contribution in [3.05, 3.63) is 0 Å². The van der Waals surface area contributed by atoms with Gasteiger partial charge in [-0.3, -0.25) is 0 Å². The Bertz CT molecular complexity index is 313. The Labute approximate surface area is 111 Å².